The maximum absolute atomic E-state index is 12.9. The molecule has 2 aromatic carbocycles. The Bertz CT molecular complexity index is 735. The van der Waals surface area contributed by atoms with Crippen molar-refractivity contribution in [2.24, 2.45) is 0 Å². The molecule has 1 N–H and O–H groups in total. The SMILES string of the molecule is CC(C)c1ccc(CS(=O)(=O)CC(O)c2ccc(F)cc2)cc1. The molecule has 0 aliphatic heterocycles. The van der Waals surface area contributed by atoms with Crippen LogP contribution in [0.3, 0.4) is 0 Å². The van der Waals surface area contributed by atoms with Crippen LogP contribution in [0.4, 0.5) is 4.39 Å². The Balaban J connectivity index is 2.05. The molecule has 0 aliphatic carbocycles. The predicted molar refractivity (Wildman–Crippen MR) is 89.4 cm³/mol. The summed E-state index contributed by atoms with van der Waals surface area (Å²) in [6.07, 6.45) is -1.16. The maximum atomic E-state index is 12.9. The molecule has 0 saturated heterocycles. The summed E-state index contributed by atoms with van der Waals surface area (Å²) >= 11 is 0. The van der Waals surface area contributed by atoms with E-state index in [9.17, 15) is 17.9 Å². The predicted octanol–water partition coefficient (Wildman–Crippen LogP) is 3.60. The Morgan fingerprint density at radius 3 is 2.00 bits per heavy atom. The third-order valence-electron chi connectivity index (χ3n) is 3.70. The van der Waals surface area contributed by atoms with Crippen LogP contribution in [-0.2, 0) is 15.6 Å². The van der Waals surface area contributed by atoms with E-state index in [-0.39, 0.29) is 11.5 Å². The van der Waals surface area contributed by atoms with Gasteiger partial charge in [-0.05, 0) is 34.7 Å². The molecule has 0 fully saturated rings. The first-order valence-corrected chi connectivity index (χ1v) is 9.32. The maximum Gasteiger partial charge on any atom is 0.157 e. The van der Waals surface area contributed by atoms with Crippen LogP contribution in [0.1, 0.15) is 42.6 Å². The largest absolute Gasteiger partial charge is 0.387 e. The van der Waals surface area contributed by atoms with E-state index in [2.05, 4.69) is 13.8 Å². The molecule has 0 aliphatic rings. The zero-order valence-electron chi connectivity index (χ0n) is 13.2. The second-order valence-electron chi connectivity index (χ2n) is 6.02. The molecule has 124 valence electrons. The van der Waals surface area contributed by atoms with Gasteiger partial charge in [0, 0.05) is 0 Å². The van der Waals surface area contributed by atoms with Crippen LogP contribution in [0, 0.1) is 5.82 Å². The Labute approximate surface area is 136 Å². The average Bonchev–Trinajstić information content (AvgIpc) is 2.47. The highest BCUT2D eigenvalue weighted by atomic mass is 32.2. The Hall–Kier alpha value is -1.72. The van der Waals surface area contributed by atoms with Gasteiger partial charge in [-0.2, -0.15) is 0 Å². The second-order valence-corrected chi connectivity index (χ2v) is 8.13. The van der Waals surface area contributed by atoms with E-state index in [0.29, 0.717) is 17.0 Å². The van der Waals surface area contributed by atoms with Crippen LogP contribution < -0.4 is 0 Å². The zero-order valence-corrected chi connectivity index (χ0v) is 14.1. The lowest BCUT2D eigenvalue weighted by Crippen LogP contribution is -2.16. The number of aliphatic hydroxyl groups excluding tert-OH is 1. The van der Waals surface area contributed by atoms with E-state index >= 15 is 0 Å². The Morgan fingerprint density at radius 1 is 0.957 bits per heavy atom. The quantitative estimate of drug-likeness (QED) is 0.877. The molecule has 2 aromatic rings. The number of halogens is 1. The minimum absolute atomic E-state index is 0.121. The number of aliphatic hydroxyl groups is 1. The van der Waals surface area contributed by atoms with Crippen molar-refractivity contribution in [1.82, 2.24) is 0 Å². The fourth-order valence-electron chi connectivity index (χ4n) is 2.33. The fourth-order valence-corrected chi connectivity index (χ4v) is 3.82. The standard InChI is InChI=1S/C18H21FO3S/c1-13(2)15-5-3-14(4-6-15)11-23(21,22)12-18(20)16-7-9-17(19)10-8-16/h3-10,13,18,20H,11-12H2,1-2H3. The molecule has 0 radical (unpaired) electrons. The summed E-state index contributed by atoms with van der Waals surface area (Å²) in [7, 11) is -3.47. The van der Waals surface area contributed by atoms with Gasteiger partial charge in [0.25, 0.3) is 0 Å². The lowest BCUT2D eigenvalue weighted by Gasteiger charge is -2.12. The highest BCUT2D eigenvalue weighted by molar-refractivity contribution is 7.90. The molecule has 0 spiro atoms. The van der Waals surface area contributed by atoms with E-state index in [0.717, 1.165) is 5.56 Å². The van der Waals surface area contributed by atoms with Gasteiger partial charge in [0.05, 0.1) is 17.6 Å². The highest BCUT2D eigenvalue weighted by Gasteiger charge is 2.19. The van der Waals surface area contributed by atoms with Crippen molar-refractivity contribution >= 4 is 9.84 Å². The lowest BCUT2D eigenvalue weighted by atomic mass is 10.0. The summed E-state index contributed by atoms with van der Waals surface area (Å²) in [6, 6.07) is 12.7. The number of hydrogen-bond donors (Lipinski definition) is 1. The molecule has 0 aromatic heterocycles. The molecular weight excluding hydrogens is 315 g/mol. The van der Waals surface area contributed by atoms with Gasteiger partial charge >= 0.3 is 0 Å². The van der Waals surface area contributed by atoms with E-state index in [4.69, 9.17) is 0 Å². The molecule has 5 heteroatoms. The topological polar surface area (TPSA) is 54.4 Å². The number of rotatable bonds is 6. The summed E-state index contributed by atoms with van der Waals surface area (Å²) in [5.41, 5.74) is 2.24. The molecular formula is C18H21FO3S. The Kier molecular flexibility index (Phi) is 5.55. The lowest BCUT2D eigenvalue weighted by molar-refractivity contribution is 0.201. The third-order valence-corrected chi connectivity index (χ3v) is 5.30. The van der Waals surface area contributed by atoms with E-state index in [1.54, 1.807) is 12.1 Å². The second kappa shape index (κ2) is 7.23. The summed E-state index contributed by atoms with van der Waals surface area (Å²) in [5, 5.41) is 10.0. The van der Waals surface area contributed by atoms with Crippen LogP contribution in [0.15, 0.2) is 48.5 Å². The van der Waals surface area contributed by atoms with Crippen molar-refractivity contribution in [1.29, 1.82) is 0 Å². The van der Waals surface area contributed by atoms with Crippen LogP contribution in [0.25, 0.3) is 0 Å². The van der Waals surface area contributed by atoms with Crippen molar-refractivity contribution in [3.63, 3.8) is 0 Å². The van der Waals surface area contributed by atoms with Crippen molar-refractivity contribution in [2.45, 2.75) is 31.6 Å². The minimum atomic E-state index is -3.47. The van der Waals surface area contributed by atoms with Crippen LogP contribution in [0.2, 0.25) is 0 Å². The molecule has 0 heterocycles. The van der Waals surface area contributed by atoms with E-state index in [1.807, 2.05) is 12.1 Å². The normalized spacial score (nSPS) is 13.3. The van der Waals surface area contributed by atoms with Crippen molar-refractivity contribution in [3.8, 4) is 0 Å². The van der Waals surface area contributed by atoms with Gasteiger partial charge in [-0.3, -0.25) is 0 Å². The number of hydrogen-bond acceptors (Lipinski definition) is 3. The fraction of sp³-hybridized carbons (Fsp3) is 0.333. The van der Waals surface area contributed by atoms with Crippen LogP contribution in [-0.4, -0.2) is 19.3 Å². The van der Waals surface area contributed by atoms with Gasteiger partial charge < -0.3 is 5.11 Å². The first-order chi connectivity index (χ1) is 10.8. The van der Waals surface area contributed by atoms with Crippen LogP contribution >= 0.6 is 0 Å². The number of benzene rings is 2. The molecule has 1 unspecified atom stereocenters. The van der Waals surface area contributed by atoms with Crippen LogP contribution in [0.5, 0.6) is 0 Å². The smallest absolute Gasteiger partial charge is 0.157 e. The molecule has 0 saturated carbocycles. The van der Waals surface area contributed by atoms with Gasteiger partial charge in [0.1, 0.15) is 5.82 Å². The van der Waals surface area contributed by atoms with Gasteiger partial charge in [0.2, 0.25) is 0 Å². The van der Waals surface area contributed by atoms with Gasteiger partial charge in [-0.25, -0.2) is 12.8 Å². The highest BCUT2D eigenvalue weighted by Crippen LogP contribution is 2.19. The van der Waals surface area contributed by atoms with Crippen molar-refractivity contribution < 1.29 is 17.9 Å². The Morgan fingerprint density at radius 2 is 1.48 bits per heavy atom. The van der Waals surface area contributed by atoms with E-state index in [1.165, 1.54) is 24.3 Å². The first-order valence-electron chi connectivity index (χ1n) is 7.49. The average molecular weight is 336 g/mol. The molecule has 0 amide bonds. The van der Waals surface area contributed by atoms with Gasteiger partial charge in [0.15, 0.2) is 9.84 Å². The zero-order chi connectivity index (χ0) is 17.0. The molecule has 2 rings (SSSR count). The van der Waals surface area contributed by atoms with Gasteiger partial charge in [-0.15, -0.1) is 0 Å². The van der Waals surface area contributed by atoms with Crippen molar-refractivity contribution in [3.05, 3.63) is 71.0 Å². The first kappa shape index (κ1) is 17.6. The minimum Gasteiger partial charge on any atom is -0.387 e. The summed E-state index contributed by atoms with van der Waals surface area (Å²) < 4.78 is 37.3. The van der Waals surface area contributed by atoms with E-state index < -0.39 is 21.8 Å². The molecule has 3 nitrogen and oxygen atoms in total. The molecule has 0 bridgehead atoms. The summed E-state index contributed by atoms with van der Waals surface area (Å²) in [6.45, 7) is 4.15. The number of sulfone groups is 1. The molecule has 23 heavy (non-hydrogen) atoms. The molecule has 1 atom stereocenters. The third kappa shape index (κ3) is 5.15. The van der Waals surface area contributed by atoms with Gasteiger partial charge in [-0.1, -0.05) is 50.2 Å². The monoisotopic (exact) mass is 336 g/mol. The van der Waals surface area contributed by atoms with Crippen molar-refractivity contribution in [2.75, 3.05) is 5.75 Å². The summed E-state index contributed by atoms with van der Waals surface area (Å²) in [5.74, 6) is -0.538. The summed E-state index contributed by atoms with van der Waals surface area (Å²) in [4.78, 5) is 0.